The zero-order valence-electron chi connectivity index (χ0n) is 16.2. The van der Waals surface area contributed by atoms with Crippen LogP contribution >= 0.6 is 0 Å². The molecule has 0 saturated heterocycles. The second-order valence-electron chi connectivity index (χ2n) is 7.02. The normalized spacial score (nSPS) is 16.3. The summed E-state index contributed by atoms with van der Waals surface area (Å²) < 4.78 is 33.7. The molecule has 26 heavy (non-hydrogen) atoms. The van der Waals surface area contributed by atoms with Gasteiger partial charge in [0.2, 0.25) is 15.9 Å². The molecule has 0 atom stereocenters. The molecule has 1 N–H and O–H groups in total. The number of carbonyl (C=O) groups is 1. The highest BCUT2D eigenvalue weighted by atomic mass is 32.2. The highest BCUT2D eigenvalue weighted by Gasteiger charge is 2.34. The molecule has 1 amide bonds. The number of carbonyl (C=O) groups excluding carboxylic acids is 1. The lowest BCUT2D eigenvalue weighted by atomic mass is 10.1. The highest BCUT2D eigenvalue weighted by molar-refractivity contribution is 7.89. The Morgan fingerprint density at radius 3 is 2.54 bits per heavy atom. The second kappa shape index (κ2) is 7.94. The third-order valence-electron chi connectivity index (χ3n) is 4.45. The van der Waals surface area contributed by atoms with Crippen molar-refractivity contribution in [2.45, 2.75) is 45.1 Å². The van der Waals surface area contributed by atoms with Crippen molar-refractivity contribution in [2.75, 3.05) is 37.6 Å². The van der Waals surface area contributed by atoms with Crippen LogP contribution in [0.3, 0.4) is 0 Å². The second-order valence-corrected chi connectivity index (χ2v) is 8.79. The molecular weight excluding hydrogens is 354 g/mol. The molecule has 1 aliphatic heterocycles. The van der Waals surface area contributed by atoms with E-state index in [9.17, 15) is 13.2 Å². The lowest BCUT2D eigenvalue weighted by Gasteiger charge is -2.39. The summed E-state index contributed by atoms with van der Waals surface area (Å²) in [5, 5.41) is 0. The van der Waals surface area contributed by atoms with E-state index >= 15 is 0 Å². The molecule has 0 aliphatic carbocycles. The summed E-state index contributed by atoms with van der Waals surface area (Å²) in [6.07, 6.45) is 0. The van der Waals surface area contributed by atoms with Crippen LogP contribution in [0.2, 0.25) is 0 Å². The average molecular weight is 384 g/mol. The number of hydrogen-bond donors (Lipinski definition) is 1. The van der Waals surface area contributed by atoms with Crippen LogP contribution in [0.5, 0.6) is 5.75 Å². The molecule has 8 heteroatoms. The van der Waals surface area contributed by atoms with Gasteiger partial charge in [0.05, 0.1) is 17.1 Å². The van der Waals surface area contributed by atoms with Gasteiger partial charge in [-0.1, -0.05) is 13.8 Å². The molecule has 1 aromatic rings. The summed E-state index contributed by atoms with van der Waals surface area (Å²) in [7, 11) is -3.65. The largest absolute Gasteiger partial charge is 0.484 e. The van der Waals surface area contributed by atoms with Crippen LogP contribution < -0.4 is 14.4 Å². The Morgan fingerprint density at radius 1 is 1.31 bits per heavy atom. The summed E-state index contributed by atoms with van der Waals surface area (Å²) in [5.74, 6) is 0.366. The van der Waals surface area contributed by atoms with Crippen molar-refractivity contribution in [3.8, 4) is 5.75 Å². The van der Waals surface area contributed by atoms with Gasteiger partial charge in [0.1, 0.15) is 11.4 Å². The summed E-state index contributed by atoms with van der Waals surface area (Å²) in [6.45, 7) is 12.4. The quantitative estimate of drug-likeness (QED) is 0.777. The van der Waals surface area contributed by atoms with Gasteiger partial charge in [-0.15, -0.1) is 0 Å². The fraction of sp³-hybridized carbons (Fsp3) is 0.611. The topological polar surface area (TPSA) is 79.0 Å². The third kappa shape index (κ3) is 4.75. The Bertz CT molecular complexity index is 758. The van der Waals surface area contributed by atoms with E-state index in [2.05, 4.69) is 9.62 Å². The van der Waals surface area contributed by atoms with Crippen molar-refractivity contribution in [1.82, 2.24) is 9.62 Å². The van der Waals surface area contributed by atoms with Crippen LogP contribution in [0.15, 0.2) is 23.1 Å². The summed E-state index contributed by atoms with van der Waals surface area (Å²) >= 11 is 0. The number of nitrogens with one attached hydrogen (secondary N) is 1. The van der Waals surface area contributed by atoms with Crippen LogP contribution in [0.4, 0.5) is 5.69 Å². The van der Waals surface area contributed by atoms with Gasteiger partial charge in [-0.3, -0.25) is 4.79 Å². The van der Waals surface area contributed by atoms with Crippen LogP contribution in [0.25, 0.3) is 0 Å². The van der Waals surface area contributed by atoms with Gasteiger partial charge in [-0.25, -0.2) is 13.1 Å². The van der Waals surface area contributed by atoms with Crippen LogP contribution in [-0.2, 0) is 14.8 Å². The Balaban J connectivity index is 2.24. The van der Waals surface area contributed by atoms with E-state index in [1.165, 1.54) is 19.1 Å². The lowest BCUT2D eigenvalue weighted by Crippen LogP contribution is -2.48. The molecule has 1 heterocycles. The average Bonchev–Trinajstić information content (AvgIpc) is 2.56. The van der Waals surface area contributed by atoms with E-state index in [4.69, 9.17) is 4.74 Å². The Hall–Kier alpha value is -1.64. The molecule has 1 aliphatic rings. The van der Waals surface area contributed by atoms with Gasteiger partial charge in [-0.2, -0.15) is 0 Å². The Labute approximate surface area is 156 Å². The van der Waals surface area contributed by atoms with Crippen molar-refractivity contribution in [3.63, 3.8) is 0 Å². The fourth-order valence-corrected chi connectivity index (χ4v) is 4.04. The van der Waals surface area contributed by atoms with Gasteiger partial charge in [0, 0.05) is 20.0 Å². The van der Waals surface area contributed by atoms with Gasteiger partial charge in [0.15, 0.2) is 0 Å². The van der Waals surface area contributed by atoms with E-state index in [1.807, 2.05) is 27.7 Å². The Morgan fingerprint density at radius 2 is 1.96 bits per heavy atom. The molecule has 146 valence electrons. The molecule has 0 fully saturated rings. The molecule has 0 aromatic heterocycles. The minimum atomic E-state index is -3.65. The number of amides is 1. The van der Waals surface area contributed by atoms with E-state index in [0.29, 0.717) is 31.1 Å². The lowest BCUT2D eigenvalue weighted by molar-refractivity contribution is -0.117. The first-order chi connectivity index (χ1) is 12.1. The number of ether oxygens (including phenoxy) is 1. The molecule has 0 spiro atoms. The third-order valence-corrected chi connectivity index (χ3v) is 5.91. The number of nitrogens with zero attached hydrogens (tertiary/aromatic N) is 2. The maximum absolute atomic E-state index is 12.6. The van der Waals surface area contributed by atoms with Crippen LogP contribution in [-0.4, -0.2) is 57.5 Å². The maximum atomic E-state index is 12.6. The first-order valence-electron chi connectivity index (χ1n) is 8.93. The van der Waals surface area contributed by atoms with E-state index in [1.54, 1.807) is 11.0 Å². The monoisotopic (exact) mass is 383 g/mol. The van der Waals surface area contributed by atoms with Crippen molar-refractivity contribution >= 4 is 21.6 Å². The number of likely N-dealkylation sites (N-methyl/N-ethyl adjacent to an activating group) is 1. The predicted octanol–water partition coefficient (Wildman–Crippen LogP) is 1.83. The van der Waals surface area contributed by atoms with Crippen molar-refractivity contribution in [1.29, 1.82) is 0 Å². The van der Waals surface area contributed by atoms with Crippen LogP contribution in [0.1, 0.15) is 34.6 Å². The number of rotatable bonds is 7. The maximum Gasteiger partial charge on any atom is 0.240 e. The van der Waals surface area contributed by atoms with Gasteiger partial charge in [-0.05, 0) is 45.1 Å². The molecule has 2 rings (SSSR count). The minimum Gasteiger partial charge on any atom is -0.484 e. The molecular formula is C18H29N3O4S. The van der Waals surface area contributed by atoms with Gasteiger partial charge < -0.3 is 14.5 Å². The number of fused-ring (bicyclic) bond motifs is 1. The van der Waals surface area contributed by atoms with Crippen molar-refractivity contribution in [2.24, 2.45) is 0 Å². The zero-order valence-corrected chi connectivity index (χ0v) is 17.0. The molecule has 1 aromatic carbocycles. The van der Waals surface area contributed by atoms with E-state index in [-0.39, 0.29) is 10.8 Å². The number of hydrogen-bond acceptors (Lipinski definition) is 5. The first kappa shape index (κ1) is 20.7. The van der Waals surface area contributed by atoms with Gasteiger partial charge >= 0.3 is 0 Å². The molecule has 0 unspecified atom stereocenters. The van der Waals surface area contributed by atoms with Crippen molar-refractivity contribution in [3.05, 3.63) is 18.2 Å². The molecule has 0 bridgehead atoms. The fourth-order valence-electron chi connectivity index (χ4n) is 3.00. The smallest absolute Gasteiger partial charge is 0.240 e. The minimum absolute atomic E-state index is 0.130. The standard InChI is InChI=1S/C18H29N3O4S/c1-6-20(7-2)11-10-19-26(23,24)15-8-9-17-16(12-15)21(14(3)22)13-18(4,5)25-17/h8-9,12,19H,6-7,10-11,13H2,1-5H3. The first-order valence-corrected chi connectivity index (χ1v) is 10.4. The van der Waals surface area contributed by atoms with Crippen molar-refractivity contribution < 1.29 is 17.9 Å². The predicted molar refractivity (Wildman–Crippen MR) is 102 cm³/mol. The zero-order chi connectivity index (χ0) is 19.5. The number of benzene rings is 1. The molecule has 7 nitrogen and oxygen atoms in total. The van der Waals surface area contributed by atoms with E-state index < -0.39 is 15.6 Å². The SMILES string of the molecule is CCN(CC)CCNS(=O)(=O)c1ccc2c(c1)N(C(C)=O)CC(C)(C)O2. The van der Waals surface area contributed by atoms with E-state index in [0.717, 1.165) is 13.1 Å². The summed E-state index contributed by atoms with van der Waals surface area (Å²) in [5.41, 5.74) is -0.0374. The molecule has 0 saturated carbocycles. The highest BCUT2D eigenvalue weighted by Crippen LogP contribution is 2.38. The van der Waals surface area contributed by atoms with Crippen LogP contribution in [0, 0.1) is 0 Å². The number of sulfonamides is 1. The summed E-state index contributed by atoms with van der Waals surface area (Å²) in [4.78, 5) is 15.9. The summed E-state index contributed by atoms with van der Waals surface area (Å²) in [6, 6.07) is 4.63. The number of anilines is 1. The molecule has 0 radical (unpaired) electrons. The van der Waals surface area contributed by atoms with Gasteiger partial charge in [0.25, 0.3) is 0 Å². The Kier molecular flexibility index (Phi) is 6.31.